The Balaban J connectivity index is 0.000000319. The van der Waals surface area contributed by atoms with Crippen LogP contribution < -0.4 is 0 Å². The van der Waals surface area contributed by atoms with Gasteiger partial charge in [-0.1, -0.05) is 209 Å². The Hall–Kier alpha value is -5.98. The van der Waals surface area contributed by atoms with E-state index in [0.717, 1.165) is 38.5 Å². The van der Waals surface area contributed by atoms with Crippen LogP contribution in [0.4, 0.5) is 0 Å². The summed E-state index contributed by atoms with van der Waals surface area (Å²) in [5, 5.41) is 2.64. The summed E-state index contributed by atoms with van der Waals surface area (Å²) < 4.78 is 0. The van der Waals surface area contributed by atoms with Gasteiger partial charge >= 0.3 is 0 Å². The topological polar surface area (TPSA) is 0 Å². The molecule has 0 saturated carbocycles. The van der Waals surface area contributed by atoms with Crippen molar-refractivity contribution in [2.24, 2.45) is 0 Å². The summed E-state index contributed by atoms with van der Waals surface area (Å²) >= 11 is 0. The molecule has 59 heavy (non-hydrogen) atoms. The molecule has 0 nitrogen and oxygen atoms in total. The van der Waals surface area contributed by atoms with Gasteiger partial charge in [0.15, 0.2) is 0 Å². The summed E-state index contributed by atoms with van der Waals surface area (Å²) in [6, 6.07) is 47.1. The Morgan fingerprint density at radius 1 is 0.627 bits per heavy atom. The molecule has 0 spiro atoms. The van der Waals surface area contributed by atoms with Crippen LogP contribution in [0.2, 0.25) is 0 Å². The zero-order chi connectivity index (χ0) is 40.8. The number of hydrogen-bond acceptors (Lipinski definition) is 0. The SMILES string of the molecule is CC.CC1(C)c2cc(-c3ccc(CC4=CCC(c5ccccc5)C=C4)cc3)ccc2-c2c(C3=CC=CCC3)ccc(C3=CCCC=C3)c21.Cc1ccc2ccccc2c1. The molecule has 0 aliphatic heterocycles. The van der Waals surface area contributed by atoms with E-state index < -0.39 is 0 Å². The average Bonchev–Trinajstić information content (AvgIpc) is 3.54. The van der Waals surface area contributed by atoms with E-state index in [-0.39, 0.29) is 5.41 Å². The minimum absolute atomic E-state index is 0.0967. The van der Waals surface area contributed by atoms with Gasteiger partial charge in [-0.25, -0.2) is 0 Å². The molecule has 294 valence electrons. The van der Waals surface area contributed by atoms with E-state index in [1.54, 1.807) is 0 Å². The predicted octanol–water partition coefficient (Wildman–Crippen LogP) is 16.5. The van der Waals surface area contributed by atoms with Crippen LogP contribution in [0.1, 0.15) is 105 Å². The van der Waals surface area contributed by atoms with Gasteiger partial charge in [-0.05, 0) is 135 Å². The zero-order valence-electron chi connectivity index (χ0n) is 35.6. The van der Waals surface area contributed by atoms with Gasteiger partial charge in [0.05, 0.1) is 0 Å². The Morgan fingerprint density at radius 3 is 2.10 bits per heavy atom. The molecule has 1 atom stereocenters. The molecule has 0 heteroatoms. The highest BCUT2D eigenvalue weighted by Crippen LogP contribution is 2.55. The lowest BCUT2D eigenvalue weighted by atomic mass is 9.76. The van der Waals surface area contributed by atoms with Crippen LogP contribution in [0.25, 0.3) is 44.2 Å². The molecule has 0 fully saturated rings. The molecule has 6 aromatic rings. The summed E-state index contributed by atoms with van der Waals surface area (Å²) in [5.41, 5.74) is 19.4. The number of aryl methyl sites for hydroxylation is 1. The Bertz CT molecular complexity index is 2630. The normalized spacial score (nSPS) is 17.0. The van der Waals surface area contributed by atoms with Crippen LogP contribution in [0.3, 0.4) is 0 Å². The van der Waals surface area contributed by atoms with Crippen LogP contribution in [-0.4, -0.2) is 0 Å². The Morgan fingerprint density at radius 2 is 1.37 bits per heavy atom. The van der Waals surface area contributed by atoms with E-state index in [9.17, 15) is 0 Å². The third-order valence-corrected chi connectivity index (χ3v) is 12.5. The van der Waals surface area contributed by atoms with Crippen molar-refractivity contribution in [1.29, 1.82) is 0 Å². The molecule has 1 unspecified atom stereocenters. The Labute approximate surface area is 353 Å². The third-order valence-electron chi connectivity index (χ3n) is 12.5. The summed E-state index contributed by atoms with van der Waals surface area (Å²) in [7, 11) is 0. The number of fused-ring (bicyclic) bond motifs is 4. The van der Waals surface area contributed by atoms with Crippen molar-refractivity contribution in [3.8, 4) is 22.3 Å². The number of rotatable bonds is 6. The highest BCUT2D eigenvalue weighted by Gasteiger charge is 2.40. The molecule has 10 rings (SSSR count). The van der Waals surface area contributed by atoms with Crippen molar-refractivity contribution >= 4 is 21.9 Å². The molecule has 0 heterocycles. The van der Waals surface area contributed by atoms with Crippen molar-refractivity contribution in [3.63, 3.8) is 0 Å². The first-order chi connectivity index (χ1) is 28.9. The van der Waals surface area contributed by atoms with Crippen LogP contribution in [0.5, 0.6) is 0 Å². The average molecular weight is 767 g/mol. The van der Waals surface area contributed by atoms with E-state index in [4.69, 9.17) is 0 Å². The van der Waals surface area contributed by atoms with Crippen molar-refractivity contribution in [3.05, 3.63) is 227 Å². The van der Waals surface area contributed by atoms with Gasteiger partial charge in [0.2, 0.25) is 0 Å². The van der Waals surface area contributed by atoms with Crippen LogP contribution in [-0.2, 0) is 11.8 Å². The molecule has 0 saturated heterocycles. The lowest BCUT2D eigenvalue weighted by Crippen LogP contribution is -2.17. The van der Waals surface area contributed by atoms with Crippen LogP contribution >= 0.6 is 0 Å². The summed E-state index contributed by atoms with van der Waals surface area (Å²) in [6.07, 6.45) is 27.6. The molecule has 4 aliphatic carbocycles. The fourth-order valence-corrected chi connectivity index (χ4v) is 9.38. The van der Waals surface area contributed by atoms with Gasteiger partial charge in [0.25, 0.3) is 0 Å². The van der Waals surface area contributed by atoms with E-state index >= 15 is 0 Å². The second-order valence-corrected chi connectivity index (χ2v) is 16.7. The lowest BCUT2D eigenvalue weighted by Gasteiger charge is -2.27. The van der Waals surface area contributed by atoms with E-state index in [1.165, 1.54) is 88.7 Å². The maximum Gasteiger partial charge on any atom is 0.0165 e. The van der Waals surface area contributed by atoms with Gasteiger partial charge in [-0.2, -0.15) is 0 Å². The fourth-order valence-electron chi connectivity index (χ4n) is 9.38. The van der Waals surface area contributed by atoms with Crippen molar-refractivity contribution < 1.29 is 0 Å². The monoisotopic (exact) mass is 766 g/mol. The molecule has 0 bridgehead atoms. The number of benzene rings is 6. The predicted molar refractivity (Wildman–Crippen MR) is 257 cm³/mol. The summed E-state index contributed by atoms with van der Waals surface area (Å²) in [4.78, 5) is 0. The molecular weight excluding hydrogens is 709 g/mol. The van der Waals surface area contributed by atoms with Crippen LogP contribution in [0, 0.1) is 6.92 Å². The van der Waals surface area contributed by atoms with Crippen molar-refractivity contribution in [2.75, 3.05) is 0 Å². The van der Waals surface area contributed by atoms with E-state index in [1.807, 2.05) is 13.8 Å². The van der Waals surface area contributed by atoms with Gasteiger partial charge in [-0.3, -0.25) is 0 Å². The maximum absolute atomic E-state index is 2.48. The largest absolute Gasteiger partial charge is 0.0842 e. The van der Waals surface area contributed by atoms with Gasteiger partial charge in [0.1, 0.15) is 0 Å². The first kappa shape index (κ1) is 39.8. The molecule has 4 aliphatic rings. The molecule has 6 aromatic carbocycles. The highest BCUT2D eigenvalue weighted by molar-refractivity contribution is 5.96. The van der Waals surface area contributed by atoms with Gasteiger partial charge in [-0.15, -0.1) is 0 Å². The lowest BCUT2D eigenvalue weighted by molar-refractivity contribution is 0.658. The van der Waals surface area contributed by atoms with E-state index in [0.29, 0.717) is 5.92 Å². The number of hydrogen-bond donors (Lipinski definition) is 0. The molecule has 0 N–H and O–H groups in total. The highest BCUT2D eigenvalue weighted by atomic mass is 14.4. The fraction of sp³-hybridized carbons (Fsp3) is 0.220. The van der Waals surface area contributed by atoms with Crippen molar-refractivity contribution in [1.82, 2.24) is 0 Å². The standard InChI is InChI=1S/C46H42.C11H10.C2H6/c1-46(2)43-31-39(36-24-20-33(21-25-36)30-32-18-22-35(23-19-32)34-12-6-3-7-13-34)26-27-42(43)44-40(37-14-8-4-9-15-37)28-29-41(45(44)46)38-16-10-5-11-17-38;1-9-6-7-10-4-2-3-5-11(10)8-9;1-2/h3-4,6-8,10,12-14,16-22,24-29,31,35H,5,9,11,15,23,30H2,1-2H3;2-8H,1H3;1-2H3. The quantitative estimate of drug-likeness (QED) is 0.158. The van der Waals surface area contributed by atoms with Gasteiger partial charge < -0.3 is 0 Å². The summed E-state index contributed by atoms with van der Waals surface area (Å²) in [6.45, 7) is 11.0. The van der Waals surface area contributed by atoms with Gasteiger partial charge in [0, 0.05) is 11.3 Å². The van der Waals surface area contributed by atoms with Crippen molar-refractivity contribution in [2.45, 2.75) is 84.5 Å². The first-order valence-corrected chi connectivity index (χ1v) is 21.9. The maximum atomic E-state index is 2.48. The molecular formula is C59H58. The molecule has 0 aromatic heterocycles. The minimum Gasteiger partial charge on any atom is -0.0842 e. The molecule has 0 amide bonds. The molecule has 0 radical (unpaired) electrons. The third kappa shape index (κ3) is 8.46. The van der Waals surface area contributed by atoms with Crippen LogP contribution in [0.15, 0.2) is 188 Å². The smallest absolute Gasteiger partial charge is 0.0165 e. The van der Waals surface area contributed by atoms with E-state index in [2.05, 4.69) is 203 Å². The second-order valence-electron chi connectivity index (χ2n) is 16.7. The second kappa shape index (κ2) is 17.9. The minimum atomic E-state index is -0.0967. The Kier molecular flexibility index (Phi) is 12.1. The number of allylic oxidation sites excluding steroid dienone is 12. The first-order valence-electron chi connectivity index (χ1n) is 21.9. The zero-order valence-corrected chi connectivity index (χ0v) is 35.6. The summed E-state index contributed by atoms with van der Waals surface area (Å²) in [5.74, 6) is 0.488.